The van der Waals surface area contributed by atoms with Gasteiger partial charge in [0.05, 0.1) is 24.0 Å². The van der Waals surface area contributed by atoms with Gasteiger partial charge in [-0.2, -0.15) is 0 Å². The number of aromatic nitrogens is 2. The second-order valence-corrected chi connectivity index (χ2v) is 4.02. The van der Waals surface area contributed by atoms with Gasteiger partial charge in [0, 0.05) is 13.1 Å². The molecule has 0 aliphatic rings. The first-order valence-corrected chi connectivity index (χ1v) is 5.82. The van der Waals surface area contributed by atoms with E-state index in [4.69, 9.17) is 11.6 Å². The Balaban J connectivity index is 2.69. The number of anilines is 1. The minimum Gasteiger partial charge on any atom is -0.356 e. The van der Waals surface area contributed by atoms with Crippen molar-refractivity contribution >= 4 is 17.4 Å². The van der Waals surface area contributed by atoms with E-state index in [9.17, 15) is 0 Å². The Hall–Kier alpha value is -0.830. The summed E-state index contributed by atoms with van der Waals surface area (Å²) in [7, 11) is 2.05. The van der Waals surface area contributed by atoms with Gasteiger partial charge in [-0.1, -0.05) is 13.3 Å². The van der Waals surface area contributed by atoms with Crippen molar-refractivity contribution in [3.63, 3.8) is 0 Å². The molecule has 0 saturated carbocycles. The number of rotatable bonds is 5. The lowest BCUT2D eigenvalue weighted by Gasteiger charge is -2.25. The van der Waals surface area contributed by atoms with Crippen LogP contribution < -0.4 is 4.90 Å². The van der Waals surface area contributed by atoms with Crippen molar-refractivity contribution in [3.05, 3.63) is 18.1 Å². The zero-order chi connectivity index (χ0) is 11.3. The summed E-state index contributed by atoms with van der Waals surface area (Å²) < 4.78 is 0. The molecule has 1 heterocycles. The van der Waals surface area contributed by atoms with Crippen molar-refractivity contribution in [2.45, 2.75) is 38.6 Å². The fourth-order valence-corrected chi connectivity index (χ4v) is 1.57. The molecule has 0 aliphatic carbocycles. The van der Waals surface area contributed by atoms with E-state index < -0.39 is 0 Å². The molecule has 4 heteroatoms. The van der Waals surface area contributed by atoms with E-state index in [-0.39, 0.29) is 0 Å². The van der Waals surface area contributed by atoms with Gasteiger partial charge in [-0.25, -0.2) is 4.98 Å². The lowest BCUT2D eigenvalue weighted by atomic mass is 10.2. The zero-order valence-electron chi connectivity index (χ0n) is 9.57. The lowest BCUT2D eigenvalue weighted by Crippen LogP contribution is -2.29. The van der Waals surface area contributed by atoms with Crippen LogP contribution in [-0.2, 0) is 5.88 Å². The predicted molar refractivity (Wildman–Crippen MR) is 64.4 cm³/mol. The van der Waals surface area contributed by atoms with Crippen LogP contribution in [0.1, 0.15) is 32.4 Å². The topological polar surface area (TPSA) is 29.0 Å². The van der Waals surface area contributed by atoms with Crippen LogP contribution in [-0.4, -0.2) is 23.1 Å². The molecule has 0 aliphatic heterocycles. The number of alkyl halides is 1. The monoisotopic (exact) mass is 227 g/mol. The van der Waals surface area contributed by atoms with E-state index in [1.807, 2.05) is 7.05 Å². The van der Waals surface area contributed by atoms with E-state index in [1.54, 1.807) is 12.4 Å². The van der Waals surface area contributed by atoms with Crippen LogP contribution in [0, 0.1) is 0 Å². The van der Waals surface area contributed by atoms with E-state index in [1.165, 1.54) is 6.42 Å². The predicted octanol–water partition coefficient (Wildman–Crippen LogP) is 2.84. The lowest BCUT2D eigenvalue weighted by molar-refractivity contribution is 0.610. The highest BCUT2D eigenvalue weighted by Crippen LogP contribution is 2.13. The van der Waals surface area contributed by atoms with Gasteiger partial charge in [-0.15, -0.1) is 11.6 Å². The Morgan fingerprint density at radius 1 is 1.40 bits per heavy atom. The van der Waals surface area contributed by atoms with Gasteiger partial charge in [-0.3, -0.25) is 4.98 Å². The van der Waals surface area contributed by atoms with Crippen LogP contribution in [0.5, 0.6) is 0 Å². The van der Waals surface area contributed by atoms with Crippen molar-refractivity contribution in [3.8, 4) is 0 Å². The SMILES string of the molecule is CCCC(C)N(C)c1cnc(CCl)cn1. The summed E-state index contributed by atoms with van der Waals surface area (Å²) >= 11 is 5.66. The average Bonchev–Trinajstić information content (AvgIpc) is 2.28. The summed E-state index contributed by atoms with van der Waals surface area (Å²) in [4.78, 5) is 10.7. The van der Waals surface area contributed by atoms with Crippen molar-refractivity contribution in [2.24, 2.45) is 0 Å². The zero-order valence-corrected chi connectivity index (χ0v) is 10.3. The molecule has 0 bridgehead atoms. The molecule has 3 nitrogen and oxygen atoms in total. The van der Waals surface area contributed by atoms with Crippen LogP contribution >= 0.6 is 11.6 Å². The Morgan fingerprint density at radius 2 is 2.13 bits per heavy atom. The van der Waals surface area contributed by atoms with E-state index in [2.05, 4.69) is 28.7 Å². The number of hydrogen-bond acceptors (Lipinski definition) is 3. The molecule has 0 spiro atoms. The Labute approximate surface area is 96.5 Å². The molecule has 1 aromatic rings. The summed E-state index contributed by atoms with van der Waals surface area (Å²) in [6, 6.07) is 0.492. The van der Waals surface area contributed by atoms with Gasteiger partial charge in [-0.05, 0) is 13.3 Å². The van der Waals surface area contributed by atoms with Crippen molar-refractivity contribution < 1.29 is 0 Å². The first-order valence-electron chi connectivity index (χ1n) is 5.28. The molecule has 0 aromatic carbocycles. The maximum atomic E-state index is 5.66. The van der Waals surface area contributed by atoms with Gasteiger partial charge in [0.25, 0.3) is 0 Å². The van der Waals surface area contributed by atoms with Gasteiger partial charge in [0.15, 0.2) is 0 Å². The first kappa shape index (κ1) is 12.2. The second kappa shape index (κ2) is 5.91. The molecule has 1 aromatic heterocycles. The molecule has 1 rings (SSSR count). The Kier molecular flexibility index (Phi) is 4.82. The summed E-state index contributed by atoms with van der Waals surface area (Å²) in [5, 5.41) is 0. The highest BCUT2D eigenvalue weighted by Gasteiger charge is 2.10. The fourth-order valence-electron chi connectivity index (χ4n) is 1.44. The number of hydrogen-bond donors (Lipinski definition) is 0. The largest absolute Gasteiger partial charge is 0.356 e. The molecule has 1 atom stereocenters. The molecule has 0 radical (unpaired) electrons. The van der Waals surface area contributed by atoms with Crippen LogP contribution in [0.3, 0.4) is 0 Å². The summed E-state index contributed by atoms with van der Waals surface area (Å²) in [6.45, 7) is 4.38. The fraction of sp³-hybridized carbons (Fsp3) is 0.636. The van der Waals surface area contributed by atoms with Crippen LogP contribution in [0.15, 0.2) is 12.4 Å². The van der Waals surface area contributed by atoms with Crippen molar-refractivity contribution in [1.82, 2.24) is 9.97 Å². The molecular weight excluding hydrogens is 210 g/mol. The quantitative estimate of drug-likeness (QED) is 0.725. The Morgan fingerprint density at radius 3 is 2.60 bits per heavy atom. The molecule has 0 N–H and O–H groups in total. The maximum absolute atomic E-state index is 5.66. The Bertz CT molecular complexity index is 286. The van der Waals surface area contributed by atoms with Crippen molar-refractivity contribution in [1.29, 1.82) is 0 Å². The first-order chi connectivity index (χ1) is 7.19. The summed E-state index contributed by atoms with van der Waals surface area (Å²) in [5.41, 5.74) is 0.817. The number of halogens is 1. The summed E-state index contributed by atoms with van der Waals surface area (Å²) in [5.74, 6) is 1.33. The van der Waals surface area contributed by atoms with Gasteiger partial charge in [0.1, 0.15) is 5.82 Å². The third-order valence-corrected chi connectivity index (χ3v) is 2.83. The third-order valence-electron chi connectivity index (χ3n) is 2.56. The van der Waals surface area contributed by atoms with Crippen LogP contribution in [0.2, 0.25) is 0 Å². The van der Waals surface area contributed by atoms with Crippen LogP contribution in [0.4, 0.5) is 5.82 Å². The minimum absolute atomic E-state index is 0.418. The van der Waals surface area contributed by atoms with Crippen LogP contribution in [0.25, 0.3) is 0 Å². The van der Waals surface area contributed by atoms with E-state index in [0.29, 0.717) is 11.9 Å². The number of nitrogens with zero attached hydrogens (tertiary/aromatic N) is 3. The van der Waals surface area contributed by atoms with E-state index in [0.717, 1.165) is 17.9 Å². The average molecular weight is 228 g/mol. The molecule has 0 fully saturated rings. The smallest absolute Gasteiger partial charge is 0.147 e. The highest BCUT2D eigenvalue weighted by atomic mass is 35.5. The van der Waals surface area contributed by atoms with Gasteiger partial charge >= 0.3 is 0 Å². The summed E-state index contributed by atoms with van der Waals surface area (Å²) in [6.07, 6.45) is 5.86. The van der Waals surface area contributed by atoms with Crippen molar-refractivity contribution in [2.75, 3.05) is 11.9 Å². The second-order valence-electron chi connectivity index (χ2n) is 3.75. The maximum Gasteiger partial charge on any atom is 0.147 e. The normalized spacial score (nSPS) is 12.5. The standard InChI is InChI=1S/C11H18ClN3/c1-4-5-9(2)15(3)11-8-13-10(6-12)7-14-11/h7-9H,4-6H2,1-3H3. The molecule has 84 valence electrons. The molecule has 1 unspecified atom stereocenters. The molecule has 0 saturated heterocycles. The highest BCUT2D eigenvalue weighted by molar-refractivity contribution is 6.16. The molecular formula is C11H18ClN3. The minimum atomic E-state index is 0.418. The van der Waals surface area contributed by atoms with Gasteiger partial charge in [0.2, 0.25) is 0 Å². The van der Waals surface area contributed by atoms with Gasteiger partial charge < -0.3 is 4.90 Å². The molecule has 0 amide bonds. The van der Waals surface area contributed by atoms with E-state index >= 15 is 0 Å². The third kappa shape index (κ3) is 3.34. The molecule has 15 heavy (non-hydrogen) atoms.